The predicted molar refractivity (Wildman–Crippen MR) is 556 cm³/mol. The van der Waals surface area contributed by atoms with Gasteiger partial charge in [-0.15, -0.1) is 0 Å². The molecule has 12 aromatic rings. The third-order valence-corrected chi connectivity index (χ3v) is 26.9. The van der Waals surface area contributed by atoms with Gasteiger partial charge in [-0.05, 0) is 278 Å². The van der Waals surface area contributed by atoms with Crippen LogP contribution in [0.25, 0.3) is 43.1 Å². The Labute approximate surface area is 838 Å². The van der Waals surface area contributed by atoms with Crippen molar-refractivity contribution in [2.75, 3.05) is 85.1 Å². The number of nitrogens with one attached hydrogen (secondary N) is 8. The van der Waals surface area contributed by atoms with Crippen LogP contribution >= 0.6 is 11.6 Å². The van der Waals surface area contributed by atoms with E-state index in [0.717, 1.165) is 104 Å². The van der Waals surface area contributed by atoms with Crippen molar-refractivity contribution in [3.63, 3.8) is 0 Å². The fourth-order valence-corrected chi connectivity index (χ4v) is 19.0. The van der Waals surface area contributed by atoms with Crippen LogP contribution in [0.15, 0.2) is 261 Å². The van der Waals surface area contributed by atoms with Gasteiger partial charge in [0.1, 0.15) is 11.6 Å². The first-order chi connectivity index (χ1) is 69.2. The first-order valence-electron chi connectivity index (χ1n) is 49.7. The zero-order valence-corrected chi connectivity index (χ0v) is 81.9. The minimum Gasteiger partial charge on any atom is -0.350 e. The number of nitrogens with two attached hydrogens (primary N) is 4. The molecule has 0 aliphatic carbocycles. The van der Waals surface area contributed by atoms with E-state index in [2.05, 4.69) is 73.7 Å². The topological polar surface area (TPSA) is 350 Å². The lowest BCUT2D eigenvalue weighted by molar-refractivity contribution is -0.138. The number of fused-ring (bicyclic) bond motifs is 4. The lowest BCUT2D eigenvalue weighted by atomic mass is 9.95. The molecule has 30 heteroatoms. The van der Waals surface area contributed by atoms with Crippen LogP contribution in [0, 0.1) is 18.6 Å². The fraction of sp³-hybridized carbons (Fsp3) is 0.363. The summed E-state index contributed by atoms with van der Waals surface area (Å²) in [6.07, 6.45) is 4.16. The highest BCUT2D eigenvalue weighted by atomic mass is 35.5. The molecule has 4 aliphatic rings. The minimum atomic E-state index is -4.70. The molecule has 9 atom stereocenters. The number of rotatable bonds is 34. The maximum Gasteiger partial charge on any atom is 0.416 e. The third kappa shape index (κ3) is 31.5. The van der Waals surface area contributed by atoms with Crippen molar-refractivity contribution in [3.05, 3.63) is 333 Å². The van der Waals surface area contributed by atoms with Crippen LogP contribution in [0.3, 0.4) is 0 Å². The number of amides is 8. The van der Waals surface area contributed by atoms with E-state index in [9.17, 15) is 60.3 Å². The number of hydrogen-bond acceptors (Lipinski definition) is 16. The summed E-state index contributed by atoms with van der Waals surface area (Å²) in [5.74, 6) is -1.69. The molecule has 4 aliphatic heterocycles. The standard InChI is InChI=1S/C30H38N4O2.C28H30F4N4O2.C28H33FN4O2.C27H31ClN4O2/c1-2-22(23-9-4-3-5-10-23)21-34-18-16-27(33-28(30(34)36)13-8-17-31)20-32-29(35)26-15-14-24-11-6-7-12-25(24)19-26;29-23-13-18(12-22(15-23)28(30,31)32)17-36-11-9-24(35-25(27(36)38)6-3-10-33)16-34-26(37)21-8-7-19-4-1-2-5-20(19)14-21;1-19-13-20(15-24(29)14-19)18-33-12-10-25(32-26(28(33)35)7-4-11-30)17-31-27(34)23-9-8-21-5-2-3-6-22(21)16-23;28-23-11-7-19(8-12-23)18-32-15-13-24(31-25(27(32)34)6-3-14-29)17-30-26(33)22-10-9-20-4-1-2-5-21(20)16-22/h3-7,9-12,14-15,19,22,27-28,33H,2,8,13,16-18,20-21,31H2,1H3,(H,32,35);1-2,4-5,7-8,12-15,24-25,35H,3,6,9-11,16-17,33H2,(H,34,37);2-3,5-6,8-9,13-16,25-26,32H,4,7,10-12,17-18,30H2,1H3,(H,31,34);1-2,4-5,7-12,16,24-25,31H,3,6,13-15,17-18,29H2,(H,30,33)/t22?,27-,28-;24-,25-;25-,26-;24-,25-/m0000/s1. The van der Waals surface area contributed by atoms with E-state index in [1.165, 1.54) is 22.6 Å². The largest absolute Gasteiger partial charge is 0.416 e. The number of benzene rings is 12. The van der Waals surface area contributed by atoms with Gasteiger partial charge in [-0.3, -0.25) is 38.4 Å². The second-order valence-electron chi connectivity index (χ2n) is 37.3. The van der Waals surface area contributed by atoms with Gasteiger partial charge in [0.05, 0.1) is 29.7 Å². The molecule has 0 aromatic heterocycles. The van der Waals surface area contributed by atoms with E-state index < -0.39 is 29.6 Å². The number of hydrogen-bond donors (Lipinski definition) is 12. The van der Waals surface area contributed by atoms with Crippen LogP contribution in [0.5, 0.6) is 0 Å². The zero-order chi connectivity index (χ0) is 101. The SMILES string of the molecule is CCC(CN1CC[C@@H](CNC(=O)c2ccc3ccccc3c2)N[C@@H](CCCN)C1=O)c1ccccc1.Cc1cc(F)cc(CN2CC[C@@H](CNC(=O)c3ccc4ccccc4c3)N[C@@H](CCCN)C2=O)c1.NCCC[C@@H]1N[C@H](CNC(=O)c2ccc3ccccc3c2)CCN(Cc2cc(F)cc(C(F)(F)F)c2)C1=O.NCCC[C@@H]1N[C@H](CNC(=O)c2ccc3ccccc3c2)CCN(Cc2ccc(Cl)cc2)C1=O. The van der Waals surface area contributed by atoms with Gasteiger partial charge in [0, 0.05) is 136 Å². The van der Waals surface area contributed by atoms with Crippen LogP contribution < -0.4 is 65.5 Å². The van der Waals surface area contributed by atoms with Crippen molar-refractivity contribution in [2.24, 2.45) is 22.9 Å². The molecule has 143 heavy (non-hydrogen) atoms. The van der Waals surface area contributed by atoms with Gasteiger partial charge in [-0.25, -0.2) is 8.78 Å². The summed E-state index contributed by atoms with van der Waals surface area (Å²) < 4.78 is 67.3. The molecule has 0 saturated carbocycles. The first-order valence-corrected chi connectivity index (χ1v) is 50.1. The molecule has 4 saturated heterocycles. The molecule has 16 rings (SSSR count). The molecular formula is C113H132ClF5N16O8. The maximum atomic E-state index is 13.9. The van der Waals surface area contributed by atoms with Crippen LogP contribution in [0.2, 0.25) is 5.02 Å². The molecule has 0 radical (unpaired) electrons. The summed E-state index contributed by atoms with van der Waals surface area (Å²) in [7, 11) is 0. The molecule has 0 bridgehead atoms. The van der Waals surface area contributed by atoms with Gasteiger partial charge in [0.15, 0.2) is 0 Å². The van der Waals surface area contributed by atoms with Crippen molar-refractivity contribution < 1.29 is 60.3 Å². The van der Waals surface area contributed by atoms with Gasteiger partial charge in [-0.1, -0.05) is 188 Å². The molecule has 24 nitrogen and oxygen atoms in total. The second-order valence-corrected chi connectivity index (χ2v) is 37.8. The van der Waals surface area contributed by atoms with Crippen molar-refractivity contribution in [1.29, 1.82) is 0 Å². The Morgan fingerprint density at radius 1 is 0.371 bits per heavy atom. The van der Waals surface area contributed by atoms with Crippen LogP contribution in [-0.4, -0.2) is 200 Å². The van der Waals surface area contributed by atoms with Gasteiger partial charge >= 0.3 is 6.18 Å². The molecule has 1 unspecified atom stereocenters. The molecule has 754 valence electrons. The normalized spacial score (nSPS) is 18.7. The average Bonchev–Trinajstić information content (AvgIpc) is 1.61. The molecule has 16 N–H and O–H groups in total. The van der Waals surface area contributed by atoms with E-state index in [1.807, 2.05) is 217 Å². The Kier molecular flexibility index (Phi) is 40.1. The minimum absolute atomic E-state index is 0.00801. The number of aryl methyl sites for hydroxylation is 1. The smallest absolute Gasteiger partial charge is 0.350 e. The van der Waals surface area contributed by atoms with Gasteiger partial charge in [0.25, 0.3) is 23.6 Å². The molecule has 4 heterocycles. The van der Waals surface area contributed by atoms with E-state index in [0.29, 0.717) is 176 Å². The van der Waals surface area contributed by atoms with Gasteiger partial charge in [-0.2, -0.15) is 13.2 Å². The predicted octanol–water partition coefficient (Wildman–Crippen LogP) is 15.5. The Balaban J connectivity index is 0.000000160. The van der Waals surface area contributed by atoms with Gasteiger partial charge in [0.2, 0.25) is 23.6 Å². The highest BCUT2D eigenvalue weighted by molar-refractivity contribution is 6.30. The Hall–Kier alpha value is -12.9. The number of alkyl halides is 3. The third-order valence-electron chi connectivity index (χ3n) is 26.7. The monoisotopic (exact) mass is 1970 g/mol. The van der Waals surface area contributed by atoms with E-state index in [4.69, 9.17) is 34.5 Å². The van der Waals surface area contributed by atoms with Crippen molar-refractivity contribution in [3.8, 4) is 0 Å². The Bertz CT molecular complexity index is 6270. The summed E-state index contributed by atoms with van der Waals surface area (Å²) in [6.45, 7) is 11.0. The molecule has 0 spiro atoms. The van der Waals surface area contributed by atoms with Crippen molar-refractivity contribution in [2.45, 2.75) is 177 Å². The molecule has 4 fully saturated rings. The van der Waals surface area contributed by atoms with Crippen molar-refractivity contribution in [1.82, 2.24) is 62.1 Å². The highest BCUT2D eigenvalue weighted by Crippen LogP contribution is 2.33. The lowest BCUT2D eigenvalue weighted by Crippen LogP contribution is -2.49. The van der Waals surface area contributed by atoms with Crippen molar-refractivity contribution >= 4 is 102 Å². The highest BCUT2D eigenvalue weighted by Gasteiger charge is 2.38. The van der Waals surface area contributed by atoms with Crippen LogP contribution in [0.4, 0.5) is 22.0 Å². The number of halogens is 6. The van der Waals surface area contributed by atoms with Crippen LogP contribution in [0.1, 0.15) is 171 Å². The summed E-state index contributed by atoms with van der Waals surface area (Å²) in [4.78, 5) is 112. The lowest BCUT2D eigenvalue weighted by Gasteiger charge is -2.28. The maximum absolute atomic E-state index is 13.9. The van der Waals surface area contributed by atoms with E-state index in [1.54, 1.807) is 11.0 Å². The average molecular weight is 1970 g/mol. The summed E-state index contributed by atoms with van der Waals surface area (Å²) in [6, 6.07) is 77.5. The quantitative estimate of drug-likeness (QED) is 0.0167. The van der Waals surface area contributed by atoms with E-state index in [-0.39, 0.29) is 115 Å². The van der Waals surface area contributed by atoms with E-state index >= 15 is 0 Å². The number of carbonyl (C=O) groups is 8. The van der Waals surface area contributed by atoms with Gasteiger partial charge < -0.3 is 85.1 Å². The molecular weight excluding hydrogens is 1840 g/mol. The zero-order valence-electron chi connectivity index (χ0n) is 81.2. The second kappa shape index (κ2) is 53.4. The first kappa shape index (κ1) is 107. The van der Waals surface area contributed by atoms with Crippen LogP contribution in [-0.2, 0) is 45.0 Å². The number of carbonyl (C=O) groups excluding carboxylic acids is 8. The summed E-state index contributed by atoms with van der Waals surface area (Å²) in [5.41, 5.74) is 28.1. The summed E-state index contributed by atoms with van der Waals surface area (Å²) in [5, 5.41) is 34.9. The molecule has 12 aromatic carbocycles. The Morgan fingerprint density at radius 2 is 0.671 bits per heavy atom. The number of nitrogens with zero attached hydrogens (tertiary/aromatic N) is 4. The summed E-state index contributed by atoms with van der Waals surface area (Å²) >= 11 is 6.01. The fourth-order valence-electron chi connectivity index (χ4n) is 18.9. The Morgan fingerprint density at radius 3 is 0.993 bits per heavy atom. The molecule has 8 amide bonds.